The summed E-state index contributed by atoms with van der Waals surface area (Å²) in [5.41, 5.74) is 1.68. The van der Waals surface area contributed by atoms with Crippen molar-refractivity contribution in [2.75, 3.05) is 18.5 Å². The summed E-state index contributed by atoms with van der Waals surface area (Å²) in [4.78, 5) is 25.5. The van der Waals surface area contributed by atoms with E-state index in [2.05, 4.69) is 11.4 Å². The third kappa shape index (κ3) is 4.84. The second kappa shape index (κ2) is 8.36. The van der Waals surface area contributed by atoms with Gasteiger partial charge in [0.2, 0.25) is 5.91 Å². The number of allylic oxidation sites excluding steroid dienone is 2. The first-order valence-electron chi connectivity index (χ1n) is 8.10. The molecule has 0 saturated heterocycles. The topological polar surface area (TPSA) is 58.6 Å². The zero-order valence-corrected chi connectivity index (χ0v) is 13.8. The van der Waals surface area contributed by atoms with Gasteiger partial charge in [0.15, 0.2) is 6.61 Å². The van der Waals surface area contributed by atoms with Crippen LogP contribution >= 0.6 is 0 Å². The van der Waals surface area contributed by atoms with E-state index in [-0.39, 0.29) is 18.4 Å². The number of hydrogen-bond acceptors (Lipinski definition) is 3. The van der Waals surface area contributed by atoms with E-state index in [4.69, 9.17) is 4.74 Å². The molecule has 23 heavy (non-hydrogen) atoms. The van der Waals surface area contributed by atoms with Gasteiger partial charge in [-0.05, 0) is 44.7 Å². The number of para-hydroxylation sites is 2. The van der Waals surface area contributed by atoms with E-state index in [1.54, 1.807) is 17.0 Å². The summed E-state index contributed by atoms with van der Waals surface area (Å²) < 4.78 is 5.64. The summed E-state index contributed by atoms with van der Waals surface area (Å²) >= 11 is 0. The molecule has 2 amide bonds. The van der Waals surface area contributed by atoms with E-state index in [1.165, 1.54) is 13.3 Å². The molecule has 0 aromatic heterocycles. The quantitative estimate of drug-likeness (QED) is 0.876. The maximum Gasteiger partial charge on any atom is 0.264 e. The summed E-state index contributed by atoms with van der Waals surface area (Å²) in [7, 11) is 0. The van der Waals surface area contributed by atoms with Gasteiger partial charge < -0.3 is 15.0 Å². The van der Waals surface area contributed by atoms with Crippen LogP contribution in [0.5, 0.6) is 5.75 Å². The van der Waals surface area contributed by atoms with Crippen LogP contribution in [0.1, 0.15) is 39.5 Å². The lowest BCUT2D eigenvalue weighted by Crippen LogP contribution is -2.34. The molecule has 5 heteroatoms. The average molecular weight is 316 g/mol. The molecule has 0 fully saturated rings. The van der Waals surface area contributed by atoms with Gasteiger partial charge in [0.05, 0.1) is 5.69 Å². The predicted molar refractivity (Wildman–Crippen MR) is 90.2 cm³/mol. The molecule has 1 aliphatic carbocycles. The highest BCUT2D eigenvalue weighted by molar-refractivity contribution is 5.90. The Bertz CT molecular complexity index is 596. The number of benzene rings is 1. The molecule has 0 unspecified atom stereocenters. The lowest BCUT2D eigenvalue weighted by Gasteiger charge is -2.26. The van der Waals surface area contributed by atoms with Crippen molar-refractivity contribution in [3.63, 3.8) is 0 Å². The SMILES string of the molecule is CCN(C(=O)COc1ccccc1NC(C)=O)C1=CCCCC1. The Labute approximate surface area is 137 Å². The Morgan fingerprint density at radius 1 is 1.26 bits per heavy atom. The number of carbonyl (C=O) groups excluding carboxylic acids is 2. The molecular weight excluding hydrogens is 292 g/mol. The summed E-state index contributed by atoms with van der Waals surface area (Å²) in [6.45, 7) is 4.01. The number of likely N-dealkylation sites (N-methyl/N-ethyl adjacent to an activating group) is 1. The second-order valence-electron chi connectivity index (χ2n) is 5.55. The van der Waals surface area contributed by atoms with Crippen molar-refractivity contribution >= 4 is 17.5 Å². The third-order valence-electron chi connectivity index (χ3n) is 3.78. The van der Waals surface area contributed by atoms with Crippen molar-refractivity contribution in [2.24, 2.45) is 0 Å². The zero-order valence-electron chi connectivity index (χ0n) is 13.8. The number of nitrogens with one attached hydrogen (secondary N) is 1. The number of ether oxygens (including phenoxy) is 1. The highest BCUT2D eigenvalue weighted by Crippen LogP contribution is 2.24. The molecule has 0 spiro atoms. The van der Waals surface area contributed by atoms with Crippen LogP contribution in [0.2, 0.25) is 0 Å². The van der Waals surface area contributed by atoms with E-state index in [0.29, 0.717) is 18.0 Å². The lowest BCUT2D eigenvalue weighted by molar-refractivity contribution is -0.131. The van der Waals surface area contributed by atoms with Crippen LogP contribution in [0.4, 0.5) is 5.69 Å². The van der Waals surface area contributed by atoms with Gasteiger partial charge in [0.25, 0.3) is 5.91 Å². The molecule has 124 valence electrons. The van der Waals surface area contributed by atoms with Gasteiger partial charge in [0, 0.05) is 19.2 Å². The highest BCUT2D eigenvalue weighted by Gasteiger charge is 2.18. The standard InChI is InChI=1S/C18H24N2O3/c1-3-20(15-9-5-4-6-10-15)18(22)13-23-17-12-8-7-11-16(17)19-14(2)21/h7-9,11-12H,3-6,10,13H2,1-2H3,(H,19,21). The molecule has 1 N–H and O–H groups in total. The first kappa shape index (κ1) is 17.1. The van der Waals surface area contributed by atoms with Gasteiger partial charge in [-0.3, -0.25) is 9.59 Å². The van der Waals surface area contributed by atoms with Crippen LogP contribution in [0.3, 0.4) is 0 Å². The minimum absolute atomic E-state index is 0.0399. The van der Waals surface area contributed by atoms with Crippen LogP contribution in [0.25, 0.3) is 0 Å². The van der Waals surface area contributed by atoms with Crippen LogP contribution in [-0.2, 0) is 9.59 Å². The predicted octanol–water partition coefficient (Wildman–Crippen LogP) is 3.33. The van der Waals surface area contributed by atoms with E-state index < -0.39 is 0 Å². The monoisotopic (exact) mass is 316 g/mol. The maximum absolute atomic E-state index is 12.5. The number of rotatable bonds is 6. The molecule has 0 atom stereocenters. The van der Waals surface area contributed by atoms with Crippen LogP contribution < -0.4 is 10.1 Å². The summed E-state index contributed by atoms with van der Waals surface area (Å²) in [6, 6.07) is 7.12. The van der Waals surface area contributed by atoms with Gasteiger partial charge in [-0.15, -0.1) is 0 Å². The summed E-state index contributed by atoms with van der Waals surface area (Å²) in [6.07, 6.45) is 6.45. The van der Waals surface area contributed by atoms with Gasteiger partial charge in [-0.25, -0.2) is 0 Å². The molecule has 0 aliphatic heterocycles. The molecule has 0 bridgehead atoms. The Hall–Kier alpha value is -2.30. The van der Waals surface area contributed by atoms with Crippen molar-refractivity contribution < 1.29 is 14.3 Å². The number of hydrogen-bond donors (Lipinski definition) is 1. The van der Waals surface area contributed by atoms with Crippen LogP contribution in [0, 0.1) is 0 Å². The fourth-order valence-electron chi connectivity index (χ4n) is 2.71. The molecule has 1 aromatic carbocycles. The van der Waals surface area contributed by atoms with Crippen molar-refractivity contribution in [3.05, 3.63) is 36.0 Å². The first-order chi connectivity index (χ1) is 11.1. The Balaban J connectivity index is 2.00. The van der Waals surface area contributed by atoms with E-state index >= 15 is 0 Å². The zero-order chi connectivity index (χ0) is 16.7. The molecule has 0 heterocycles. The number of amides is 2. The molecule has 1 aliphatic rings. The van der Waals surface area contributed by atoms with Crippen molar-refractivity contribution in [1.82, 2.24) is 4.90 Å². The minimum Gasteiger partial charge on any atom is -0.482 e. The summed E-state index contributed by atoms with van der Waals surface area (Å²) in [5.74, 6) is 0.276. The molecule has 1 aromatic rings. The third-order valence-corrected chi connectivity index (χ3v) is 3.78. The molecule has 2 rings (SSSR count). The Morgan fingerprint density at radius 2 is 2.04 bits per heavy atom. The van der Waals surface area contributed by atoms with Crippen molar-refractivity contribution in [1.29, 1.82) is 0 Å². The smallest absolute Gasteiger partial charge is 0.264 e. The number of carbonyl (C=O) groups is 2. The van der Waals surface area contributed by atoms with Crippen molar-refractivity contribution in [2.45, 2.75) is 39.5 Å². The Kier molecular flexibility index (Phi) is 6.20. The Morgan fingerprint density at radius 3 is 2.70 bits per heavy atom. The number of nitrogens with zero attached hydrogens (tertiary/aromatic N) is 1. The molecule has 0 radical (unpaired) electrons. The highest BCUT2D eigenvalue weighted by atomic mass is 16.5. The van der Waals surface area contributed by atoms with E-state index in [0.717, 1.165) is 25.0 Å². The van der Waals surface area contributed by atoms with E-state index in [9.17, 15) is 9.59 Å². The molecular formula is C18H24N2O3. The van der Waals surface area contributed by atoms with Gasteiger partial charge in [-0.2, -0.15) is 0 Å². The van der Waals surface area contributed by atoms with Crippen molar-refractivity contribution in [3.8, 4) is 5.75 Å². The fourth-order valence-corrected chi connectivity index (χ4v) is 2.71. The molecule has 0 saturated carbocycles. The first-order valence-corrected chi connectivity index (χ1v) is 8.10. The lowest BCUT2D eigenvalue weighted by atomic mass is 10.0. The normalized spacial score (nSPS) is 13.9. The molecule has 5 nitrogen and oxygen atoms in total. The van der Waals surface area contributed by atoms with Gasteiger partial charge in [-0.1, -0.05) is 18.2 Å². The van der Waals surface area contributed by atoms with E-state index in [1.807, 2.05) is 19.1 Å². The largest absolute Gasteiger partial charge is 0.482 e. The van der Waals surface area contributed by atoms with Gasteiger partial charge >= 0.3 is 0 Å². The van der Waals surface area contributed by atoms with Crippen LogP contribution in [0.15, 0.2) is 36.0 Å². The van der Waals surface area contributed by atoms with Crippen LogP contribution in [-0.4, -0.2) is 29.9 Å². The fraction of sp³-hybridized carbons (Fsp3) is 0.444. The number of anilines is 1. The summed E-state index contributed by atoms with van der Waals surface area (Å²) in [5, 5.41) is 2.70. The van der Waals surface area contributed by atoms with Gasteiger partial charge in [0.1, 0.15) is 5.75 Å². The maximum atomic E-state index is 12.5. The minimum atomic E-state index is -0.171. The second-order valence-corrected chi connectivity index (χ2v) is 5.55. The average Bonchev–Trinajstić information content (AvgIpc) is 2.55.